The zero-order valence-corrected chi connectivity index (χ0v) is 13.5. The SMILES string of the molecule is CC(C)=CCOc1c(O)c2c(OCC(O)CO)cccc2oc1=O. The second kappa shape index (κ2) is 7.85. The highest BCUT2D eigenvalue weighted by atomic mass is 16.5. The molecule has 1 aromatic heterocycles. The van der Waals surface area contributed by atoms with E-state index >= 15 is 0 Å². The van der Waals surface area contributed by atoms with E-state index in [1.165, 1.54) is 6.07 Å². The fourth-order valence-corrected chi connectivity index (χ4v) is 1.96. The Morgan fingerprint density at radius 1 is 1.33 bits per heavy atom. The summed E-state index contributed by atoms with van der Waals surface area (Å²) in [5, 5.41) is 28.8. The third-order valence-electron chi connectivity index (χ3n) is 3.19. The van der Waals surface area contributed by atoms with Crippen molar-refractivity contribution in [2.75, 3.05) is 19.8 Å². The number of aliphatic hydroxyl groups excluding tert-OH is 2. The van der Waals surface area contributed by atoms with Crippen LogP contribution in [-0.4, -0.2) is 41.2 Å². The highest BCUT2D eigenvalue weighted by Crippen LogP contribution is 2.37. The van der Waals surface area contributed by atoms with Crippen LogP contribution < -0.4 is 15.1 Å². The summed E-state index contributed by atoms with van der Waals surface area (Å²) >= 11 is 0. The lowest BCUT2D eigenvalue weighted by molar-refractivity contribution is 0.0540. The molecule has 2 rings (SSSR count). The first-order chi connectivity index (χ1) is 11.4. The van der Waals surface area contributed by atoms with Crippen molar-refractivity contribution in [3.8, 4) is 17.2 Å². The molecule has 0 radical (unpaired) electrons. The monoisotopic (exact) mass is 336 g/mol. The molecule has 1 aromatic carbocycles. The van der Waals surface area contributed by atoms with Crippen molar-refractivity contribution in [3.63, 3.8) is 0 Å². The molecule has 24 heavy (non-hydrogen) atoms. The number of hydrogen-bond donors (Lipinski definition) is 3. The molecule has 1 unspecified atom stereocenters. The van der Waals surface area contributed by atoms with Gasteiger partial charge in [-0.25, -0.2) is 4.79 Å². The first-order valence-electron chi connectivity index (χ1n) is 7.40. The van der Waals surface area contributed by atoms with Crippen LogP contribution >= 0.6 is 0 Å². The van der Waals surface area contributed by atoms with Gasteiger partial charge in [0.2, 0.25) is 5.75 Å². The minimum Gasteiger partial charge on any atom is -0.503 e. The quantitative estimate of drug-likeness (QED) is 0.520. The largest absolute Gasteiger partial charge is 0.503 e. The maximum absolute atomic E-state index is 12.0. The van der Waals surface area contributed by atoms with Crippen LogP contribution in [0.4, 0.5) is 0 Å². The second-order valence-electron chi connectivity index (χ2n) is 5.44. The van der Waals surface area contributed by atoms with Crippen LogP contribution in [0.2, 0.25) is 0 Å². The van der Waals surface area contributed by atoms with E-state index in [4.69, 9.17) is 19.0 Å². The molecule has 7 heteroatoms. The van der Waals surface area contributed by atoms with Gasteiger partial charge >= 0.3 is 5.63 Å². The van der Waals surface area contributed by atoms with Crippen LogP contribution in [0, 0.1) is 0 Å². The molecule has 0 aliphatic rings. The minimum atomic E-state index is -1.06. The first-order valence-corrected chi connectivity index (χ1v) is 7.40. The lowest BCUT2D eigenvalue weighted by Gasteiger charge is -2.13. The zero-order chi connectivity index (χ0) is 17.7. The number of aliphatic hydroxyl groups is 2. The van der Waals surface area contributed by atoms with Gasteiger partial charge in [0.05, 0.1) is 6.61 Å². The van der Waals surface area contributed by atoms with E-state index in [1.807, 2.05) is 13.8 Å². The molecule has 7 nitrogen and oxygen atoms in total. The van der Waals surface area contributed by atoms with Gasteiger partial charge in [-0.3, -0.25) is 0 Å². The number of aromatic hydroxyl groups is 1. The molecular weight excluding hydrogens is 316 g/mol. The highest BCUT2D eigenvalue weighted by Gasteiger charge is 2.19. The average Bonchev–Trinajstić information content (AvgIpc) is 2.54. The summed E-state index contributed by atoms with van der Waals surface area (Å²) in [6.07, 6.45) is 0.690. The molecule has 0 saturated heterocycles. The van der Waals surface area contributed by atoms with Gasteiger partial charge in [-0.1, -0.05) is 11.6 Å². The van der Waals surface area contributed by atoms with E-state index in [0.717, 1.165) is 5.57 Å². The van der Waals surface area contributed by atoms with Crippen molar-refractivity contribution in [3.05, 3.63) is 40.3 Å². The van der Waals surface area contributed by atoms with Crippen molar-refractivity contribution in [2.24, 2.45) is 0 Å². The Kier molecular flexibility index (Phi) is 5.83. The zero-order valence-electron chi connectivity index (χ0n) is 13.5. The number of allylic oxidation sites excluding steroid dienone is 1. The maximum Gasteiger partial charge on any atom is 0.383 e. The van der Waals surface area contributed by atoms with Crippen molar-refractivity contribution in [2.45, 2.75) is 20.0 Å². The van der Waals surface area contributed by atoms with Gasteiger partial charge in [-0.15, -0.1) is 0 Å². The number of fused-ring (bicyclic) bond motifs is 1. The Morgan fingerprint density at radius 3 is 2.75 bits per heavy atom. The number of benzene rings is 1. The average molecular weight is 336 g/mol. The van der Waals surface area contributed by atoms with E-state index < -0.39 is 24.1 Å². The molecule has 0 aliphatic carbocycles. The lowest BCUT2D eigenvalue weighted by atomic mass is 10.2. The molecule has 0 amide bonds. The predicted octanol–water partition coefficient (Wildman–Crippen LogP) is 1.58. The van der Waals surface area contributed by atoms with Crippen molar-refractivity contribution in [1.29, 1.82) is 0 Å². The Labute approximate surface area is 138 Å². The van der Waals surface area contributed by atoms with E-state index in [-0.39, 0.29) is 35.7 Å². The van der Waals surface area contributed by atoms with Gasteiger partial charge in [-0.05, 0) is 32.1 Å². The van der Waals surface area contributed by atoms with E-state index in [2.05, 4.69) is 0 Å². The van der Waals surface area contributed by atoms with Gasteiger partial charge in [-0.2, -0.15) is 0 Å². The number of rotatable bonds is 7. The minimum absolute atomic E-state index is 0.110. The predicted molar refractivity (Wildman–Crippen MR) is 87.7 cm³/mol. The van der Waals surface area contributed by atoms with E-state index in [0.29, 0.717) is 0 Å². The third kappa shape index (κ3) is 4.06. The Hall–Kier alpha value is -2.51. The van der Waals surface area contributed by atoms with Crippen molar-refractivity contribution < 1.29 is 29.2 Å². The Bertz CT molecular complexity index is 787. The molecule has 2 aromatic rings. The summed E-state index contributed by atoms with van der Waals surface area (Å²) < 4.78 is 15.9. The summed E-state index contributed by atoms with van der Waals surface area (Å²) in [5.74, 6) is -0.496. The summed E-state index contributed by atoms with van der Waals surface area (Å²) in [7, 11) is 0. The lowest BCUT2D eigenvalue weighted by Crippen LogP contribution is -2.21. The van der Waals surface area contributed by atoms with Crippen LogP contribution in [0.25, 0.3) is 11.0 Å². The van der Waals surface area contributed by atoms with Crippen LogP contribution in [-0.2, 0) is 0 Å². The summed E-state index contributed by atoms with van der Waals surface area (Å²) in [4.78, 5) is 12.0. The smallest absolute Gasteiger partial charge is 0.383 e. The molecule has 1 atom stereocenters. The summed E-state index contributed by atoms with van der Waals surface area (Å²) in [6, 6.07) is 4.63. The number of hydrogen-bond acceptors (Lipinski definition) is 7. The molecule has 0 saturated carbocycles. The fraction of sp³-hybridized carbons (Fsp3) is 0.353. The highest BCUT2D eigenvalue weighted by molar-refractivity contribution is 5.91. The molecule has 0 aliphatic heterocycles. The van der Waals surface area contributed by atoms with Crippen molar-refractivity contribution >= 4 is 11.0 Å². The van der Waals surface area contributed by atoms with Crippen molar-refractivity contribution in [1.82, 2.24) is 0 Å². The summed E-state index contributed by atoms with van der Waals surface area (Å²) in [5.41, 5.74) is 0.333. The van der Waals surface area contributed by atoms with Crippen LogP contribution in [0.1, 0.15) is 13.8 Å². The standard InChI is InChI=1S/C17H20O7/c1-10(2)6-7-22-16-15(20)14-12(23-9-11(19)8-18)4-3-5-13(14)24-17(16)21/h3-6,11,18-20H,7-9H2,1-2H3. The van der Waals surface area contributed by atoms with Crippen LogP contribution in [0.3, 0.4) is 0 Å². The maximum atomic E-state index is 12.0. The fourth-order valence-electron chi connectivity index (χ4n) is 1.96. The van der Waals surface area contributed by atoms with Gasteiger partial charge in [0.1, 0.15) is 36.0 Å². The van der Waals surface area contributed by atoms with E-state index in [9.17, 15) is 15.0 Å². The Balaban J connectivity index is 2.42. The van der Waals surface area contributed by atoms with Crippen LogP contribution in [0.15, 0.2) is 39.1 Å². The summed E-state index contributed by atoms with van der Waals surface area (Å²) in [6.45, 7) is 3.23. The first kappa shape index (κ1) is 17.8. The molecule has 1 heterocycles. The molecule has 130 valence electrons. The topological polar surface area (TPSA) is 109 Å². The Morgan fingerprint density at radius 2 is 2.08 bits per heavy atom. The van der Waals surface area contributed by atoms with Gasteiger partial charge < -0.3 is 29.2 Å². The third-order valence-corrected chi connectivity index (χ3v) is 3.19. The van der Waals surface area contributed by atoms with Gasteiger partial charge in [0, 0.05) is 0 Å². The molecular formula is C17H20O7. The van der Waals surface area contributed by atoms with Gasteiger partial charge in [0.15, 0.2) is 5.75 Å². The second-order valence-corrected chi connectivity index (χ2v) is 5.44. The normalized spacial score (nSPS) is 12.0. The van der Waals surface area contributed by atoms with Gasteiger partial charge in [0.25, 0.3) is 0 Å². The molecule has 0 spiro atoms. The molecule has 0 fully saturated rings. The van der Waals surface area contributed by atoms with E-state index in [1.54, 1.807) is 18.2 Å². The van der Waals surface area contributed by atoms with Crippen LogP contribution in [0.5, 0.6) is 17.2 Å². The number of ether oxygens (including phenoxy) is 2. The molecule has 0 bridgehead atoms. The molecule has 3 N–H and O–H groups in total.